The number of nitrogens with zero attached hydrogens (tertiary/aromatic N) is 1. The van der Waals surface area contributed by atoms with Gasteiger partial charge in [0.25, 0.3) is 0 Å². The Labute approximate surface area is 155 Å². The normalized spacial score (nSPS) is 10.7. The number of ether oxygens (including phenoxy) is 3. The second kappa shape index (κ2) is 9.35. The Morgan fingerprint density at radius 1 is 1.19 bits per heavy atom. The van der Waals surface area contributed by atoms with Crippen molar-refractivity contribution in [3.63, 3.8) is 0 Å². The average molecular weight is 374 g/mol. The predicted molar refractivity (Wildman–Crippen MR) is 96.7 cm³/mol. The van der Waals surface area contributed by atoms with Crippen LogP contribution in [0, 0.1) is 11.3 Å². The molecule has 0 aromatic heterocycles. The highest BCUT2D eigenvalue weighted by Crippen LogP contribution is 2.25. The van der Waals surface area contributed by atoms with Crippen LogP contribution in [0.1, 0.15) is 5.56 Å². The van der Waals surface area contributed by atoms with Gasteiger partial charge in [0.2, 0.25) is 0 Å². The number of aliphatic carboxylic acids is 1. The zero-order chi connectivity index (χ0) is 18.9. The van der Waals surface area contributed by atoms with Crippen molar-refractivity contribution in [2.75, 3.05) is 20.3 Å². The fourth-order valence-electron chi connectivity index (χ4n) is 2.06. The minimum Gasteiger partial charge on any atom is -0.497 e. The number of halogens is 1. The summed E-state index contributed by atoms with van der Waals surface area (Å²) in [4.78, 5) is 11.0. The molecule has 0 saturated carbocycles. The van der Waals surface area contributed by atoms with Gasteiger partial charge in [-0.25, -0.2) is 4.79 Å². The van der Waals surface area contributed by atoms with Gasteiger partial charge in [0.15, 0.2) is 0 Å². The fourth-order valence-corrected chi connectivity index (χ4v) is 2.24. The Bertz CT molecular complexity index is 857. The van der Waals surface area contributed by atoms with Gasteiger partial charge in [-0.3, -0.25) is 0 Å². The Hall–Kier alpha value is -3.17. The molecule has 6 nitrogen and oxygen atoms in total. The quantitative estimate of drug-likeness (QED) is 0.430. The highest BCUT2D eigenvalue weighted by Gasteiger charge is 2.10. The molecule has 1 N–H and O–H groups in total. The van der Waals surface area contributed by atoms with Crippen LogP contribution >= 0.6 is 11.6 Å². The lowest BCUT2D eigenvalue weighted by Crippen LogP contribution is -2.09. The summed E-state index contributed by atoms with van der Waals surface area (Å²) in [6.45, 7) is 0.484. The van der Waals surface area contributed by atoms with Crippen LogP contribution < -0.4 is 14.2 Å². The van der Waals surface area contributed by atoms with Crippen LogP contribution in [0.4, 0.5) is 0 Å². The molecule has 0 atom stereocenters. The Morgan fingerprint density at radius 2 is 1.92 bits per heavy atom. The Kier molecular flexibility index (Phi) is 6.89. The van der Waals surface area contributed by atoms with Crippen molar-refractivity contribution in [2.45, 2.75) is 0 Å². The van der Waals surface area contributed by atoms with Crippen LogP contribution in [0.5, 0.6) is 17.2 Å². The summed E-state index contributed by atoms with van der Waals surface area (Å²) >= 11 is 5.94. The van der Waals surface area contributed by atoms with Crippen molar-refractivity contribution in [1.29, 1.82) is 5.26 Å². The summed E-state index contributed by atoms with van der Waals surface area (Å²) in [6.07, 6.45) is 1.21. The van der Waals surface area contributed by atoms with Gasteiger partial charge in [0.1, 0.15) is 42.1 Å². The number of benzene rings is 2. The van der Waals surface area contributed by atoms with Crippen molar-refractivity contribution >= 4 is 23.6 Å². The molecule has 0 unspecified atom stereocenters. The van der Waals surface area contributed by atoms with E-state index in [1.165, 1.54) is 12.1 Å². The van der Waals surface area contributed by atoms with Crippen molar-refractivity contribution in [1.82, 2.24) is 0 Å². The number of carboxylic acids is 1. The van der Waals surface area contributed by atoms with Gasteiger partial charge in [0.05, 0.1) is 7.11 Å². The third-order valence-corrected chi connectivity index (χ3v) is 3.51. The molecule has 2 aromatic carbocycles. The number of hydrogen-bond acceptors (Lipinski definition) is 5. The third kappa shape index (κ3) is 5.43. The maximum atomic E-state index is 11.0. The highest BCUT2D eigenvalue weighted by molar-refractivity contribution is 6.30. The molecule has 2 aromatic rings. The smallest absolute Gasteiger partial charge is 0.346 e. The van der Waals surface area contributed by atoms with Crippen LogP contribution in [0.15, 0.2) is 48.0 Å². The molecular weight excluding hydrogens is 358 g/mol. The van der Waals surface area contributed by atoms with E-state index in [-0.39, 0.29) is 13.2 Å². The Balaban J connectivity index is 2.03. The van der Waals surface area contributed by atoms with E-state index in [1.54, 1.807) is 37.4 Å². The van der Waals surface area contributed by atoms with Gasteiger partial charge in [-0.2, -0.15) is 5.26 Å². The minimum atomic E-state index is -1.32. The molecule has 0 bridgehead atoms. The molecule has 7 heteroatoms. The molecule has 2 rings (SSSR count). The second-order valence-electron chi connectivity index (χ2n) is 5.03. The highest BCUT2D eigenvalue weighted by atomic mass is 35.5. The molecule has 0 radical (unpaired) electrons. The molecule has 0 spiro atoms. The van der Waals surface area contributed by atoms with E-state index in [0.717, 1.165) is 0 Å². The molecule has 0 aliphatic rings. The van der Waals surface area contributed by atoms with Crippen LogP contribution in [0.3, 0.4) is 0 Å². The van der Waals surface area contributed by atoms with Gasteiger partial charge in [0, 0.05) is 16.7 Å². The molecule has 0 amide bonds. The molecule has 0 aliphatic heterocycles. The first-order valence-corrected chi connectivity index (χ1v) is 7.95. The van der Waals surface area contributed by atoms with Gasteiger partial charge in [-0.15, -0.1) is 0 Å². The lowest BCUT2D eigenvalue weighted by molar-refractivity contribution is -0.132. The van der Waals surface area contributed by atoms with Crippen molar-refractivity contribution in [3.8, 4) is 23.3 Å². The molecule has 0 heterocycles. The zero-order valence-electron chi connectivity index (χ0n) is 13.9. The van der Waals surface area contributed by atoms with Crippen LogP contribution in [-0.4, -0.2) is 31.4 Å². The summed E-state index contributed by atoms with van der Waals surface area (Å²) in [5.74, 6) is 0.408. The first kappa shape index (κ1) is 19.2. The van der Waals surface area contributed by atoms with Gasteiger partial charge in [-0.1, -0.05) is 17.7 Å². The molecule has 26 heavy (non-hydrogen) atoms. The van der Waals surface area contributed by atoms with E-state index < -0.39 is 11.5 Å². The van der Waals surface area contributed by atoms with E-state index in [9.17, 15) is 4.79 Å². The topological polar surface area (TPSA) is 88.8 Å². The average Bonchev–Trinajstić information content (AvgIpc) is 2.64. The van der Waals surface area contributed by atoms with Crippen molar-refractivity contribution < 1.29 is 24.1 Å². The lowest BCUT2D eigenvalue weighted by atomic mass is 10.1. The molecular formula is C19H16ClNO5. The number of carbonyl (C=O) groups is 1. The summed E-state index contributed by atoms with van der Waals surface area (Å²) < 4.78 is 16.3. The minimum absolute atomic E-state index is 0.217. The number of nitriles is 1. The van der Waals surface area contributed by atoms with Gasteiger partial charge >= 0.3 is 5.97 Å². The van der Waals surface area contributed by atoms with Crippen LogP contribution in [0.2, 0.25) is 5.02 Å². The maximum Gasteiger partial charge on any atom is 0.346 e. The number of rotatable bonds is 8. The molecule has 134 valence electrons. The predicted octanol–water partition coefficient (Wildman–Crippen LogP) is 3.80. The molecule has 0 fully saturated rings. The monoisotopic (exact) mass is 373 g/mol. The van der Waals surface area contributed by atoms with Crippen LogP contribution in [-0.2, 0) is 4.79 Å². The van der Waals surface area contributed by atoms with Crippen molar-refractivity contribution in [3.05, 3.63) is 58.6 Å². The lowest BCUT2D eigenvalue weighted by Gasteiger charge is -2.11. The largest absolute Gasteiger partial charge is 0.497 e. The fraction of sp³-hybridized carbons (Fsp3) is 0.158. The van der Waals surface area contributed by atoms with E-state index in [1.807, 2.05) is 12.1 Å². The summed E-state index contributed by atoms with van der Waals surface area (Å²) in [5, 5.41) is 18.3. The third-order valence-electron chi connectivity index (χ3n) is 3.27. The maximum absolute atomic E-state index is 11.0. The standard InChI is InChI=1S/C19H16ClNO5/c1-24-16-3-2-4-17(11-16)25-7-8-26-18-6-5-15(20)10-13(18)9-14(12-21)19(22)23/h2-6,9-11H,7-8H2,1H3,(H,22,23). The summed E-state index contributed by atoms with van der Waals surface area (Å²) in [6, 6.07) is 13.5. The summed E-state index contributed by atoms with van der Waals surface area (Å²) in [5.41, 5.74) is -0.0115. The summed E-state index contributed by atoms with van der Waals surface area (Å²) in [7, 11) is 1.57. The number of hydrogen-bond donors (Lipinski definition) is 1. The number of carboxylic acid groups (broad SMARTS) is 1. The van der Waals surface area contributed by atoms with Gasteiger partial charge < -0.3 is 19.3 Å². The number of methoxy groups -OCH3 is 1. The Morgan fingerprint density at radius 3 is 2.62 bits per heavy atom. The van der Waals surface area contributed by atoms with Crippen molar-refractivity contribution in [2.24, 2.45) is 0 Å². The van der Waals surface area contributed by atoms with E-state index in [0.29, 0.717) is 27.8 Å². The van der Waals surface area contributed by atoms with E-state index in [4.69, 9.17) is 36.2 Å². The van der Waals surface area contributed by atoms with E-state index in [2.05, 4.69) is 0 Å². The second-order valence-corrected chi connectivity index (χ2v) is 5.47. The SMILES string of the molecule is COc1cccc(OCCOc2ccc(Cl)cc2C=C(C#N)C(=O)O)c1. The van der Waals surface area contributed by atoms with Crippen LogP contribution in [0.25, 0.3) is 6.08 Å². The van der Waals surface area contributed by atoms with Gasteiger partial charge in [-0.05, 0) is 36.4 Å². The molecule has 0 saturated heterocycles. The zero-order valence-corrected chi connectivity index (χ0v) is 14.7. The molecule has 0 aliphatic carbocycles. The first-order valence-electron chi connectivity index (χ1n) is 7.58. The first-order chi connectivity index (χ1) is 12.5. The van der Waals surface area contributed by atoms with E-state index >= 15 is 0 Å².